The number of nitrogens with one attached hydrogen (secondary N) is 1. The molecule has 0 unspecified atom stereocenters. The number of fused-ring (bicyclic) bond motifs is 2. The number of anilines is 3. The topological polar surface area (TPSA) is 160 Å². The van der Waals surface area contributed by atoms with E-state index in [1.165, 1.54) is 36.4 Å². The summed E-state index contributed by atoms with van der Waals surface area (Å²) < 4.78 is 37.2. The van der Waals surface area contributed by atoms with Crippen molar-refractivity contribution >= 4 is 62.5 Å². The number of aromatic carboxylic acids is 1. The highest BCUT2D eigenvalue weighted by Gasteiger charge is 2.23. The lowest BCUT2D eigenvalue weighted by molar-refractivity contribution is 0.0697. The maximum absolute atomic E-state index is 14.1. The van der Waals surface area contributed by atoms with Gasteiger partial charge in [0.25, 0.3) is 0 Å². The fourth-order valence-electron chi connectivity index (χ4n) is 9.93. The summed E-state index contributed by atoms with van der Waals surface area (Å²) in [5, 5.41) is 32.6. The quantitative estimate of drug-likeness (QED) is 0.0489. The first-order valence-corrected chi connectivity index (χ1v) is 26.4. The largest absolute Gasteiger partial charge is 0.478 e. The van der Waals surface area contributed by atoms with Gasteiger partial charge < -0.3 is 24.5 Å². The molecule has 1 saturated heterocycles. The normalized spacial score (nSPS) is 13.1. The Balaban J connectivity index is 0.668. The Kier molecular flexibility index (Phi) is 17.2. The molecule has 0 bridgehead atoms. The molecule has 0 spiro atoms. The highest BCUT2D eigenvalue weighted by Crippen LogP contribution is 2.40. The molecule has 3 aromatic heterocycles. The van der Waals surface area contributed by atoms with Crippen LogP contribution in [0.4, 0.5) is 30.6 Å². The summed E-state index contributed by atoms with van der Waals surface area (Å²) in [4.78, 5) is 37.3. The van der Waals surface area contributed by atoms with Gasteiger partial charge in [0.15, 0.2) is 0 Å². The van der Waals surface area contributed by atoms with Crippen LogP contribution in [0.25, 0.3) is 55.3 Å². The van der Waals surface area contributed by atoms with E-state index in [0.717, 1.165) is 135 Å². The zero-order chi connectivity index (χ0) is 53.3. The zero-order valence-electron chi connectivity index (χ0n) is 43.5. The third-order valence-electron chi connectivity index (χ3n) is 14.3. The second kappa shape index (κ2) is 24.4. The van der Waals surface area contributed by atoms with Crippen molar-refractivity contribution < 1.29 is 28.2 Å². The van der Waals surface area contributed by atoms with Gasteiger partial charge in [0.1, 0.15) is 17.3 Å². The smallest absolute Gasteiger partial charge is 0.411 e. The Labute approximate surface area is 446 Å². The van der Waals surface area contributed by atoms with Gasteiger partial charge in [0, 0.05) is 86.3 Å². The number of aryl methyl sites for hydroxylation is 3. The molecule has 18 heteroatoms. The number of likely N-dealkylation sites (tertiary alicyclic amines) is 1. The van der Waals surface area contributed by atoms with Gasteiger partial charge in [-0.25, -0.2) is 23.4 Å². The molecule has 9 rings (SSSR count). The standard InChI is InChI=1S/C58H64ClF2N11O4/c1-68(2)43-16-19-46-53(33-43)62-54-34-44(69(3)4)17-20-47(54)56(46)45-18-13-40(30-49(45)57(73)74)55-36-72(67-65-55)27-11-7-10-26-71-35-42(64-66-71)12-8-5-6-9-25-70-28-23-38(24-29-70)37-76-58(75)63-52-22-15-41(60)32-48(52)39-14-21-51(61)50(59)31-39/h13-22,30-36,38H,5-12,23-29,37H2,1-4H3,(H,63,75)(H,73,74). The van der Waals surface area contributed by atoms with Crippen LogP contribution in [0, 0.1) is 17.6 Å². The summed E-state index contributed by atoms with van der Waals surface area (Å²) in [6.07, 6.45) is 13.4. The number of hydrogen-bond acceptors (Lipinski definition) is 11. The summed E-state index contributed by atoms with van der Waals surface area (Å²) in [6.45, 7) is 4.74. The first-order chi connectivity index (χ1) is 36.8. The predicted molar refractivity (Wildman–Crippen MR) is 296 cm³/mol. The number of carbonyl (C=O) groups excluding carboxylic acids is 1. The molecule has 396 valence electrons. The second-order valence-electron chi connectivity index (χ2n) is 20.1. The molecule has 1 fully saturated rings. The SMILES string of the molecule is CN(C)c1ccc2c(-c3ccc(-c4cn(CCCCCn5cc(CCCCCCN6CCC(COC(=O)Nc7ccc(F)cc7-c7ccc(F)c(Cl)c7)CC6)nn5)nn4)cc3C(=O)O)c3ccc(N(C)C)cc3nc2c1. The van der Waals surface area contributed by atoms with Crippen LogP contribution in [-0.2, 0) is 24.2 Å². The van der Waals surface area contributed by atoms with Crippen LogP contribution in [0.3, 0.4) is 0 Å². The molecule has 0 saturated carbocycles. The number of piperidine rings is 1. The Morgan fingerprint density at radius 2 is 1.36 bits per heavy atom. The van der Waals surface area contributed by atoms with Crippen LogP contribution in [0.1, 0.15) is 73.8 Å². The van der Waals surface area contributed by atoms with Gasteiger partial charge in [-0.2, -0.15) is 0 Å². The molecule has 8 aromatic rings. The van der Waals surface area contributed by atoms with Gasteiger partial charge in [-0.15, -0.1) is 10.2 Å². The van der Waals surface area contributed by atoms with Crippen LogP contribution in [-0.4, -0.2) is 111 Å². The van der Waals surface area contributed by atoms with E-state index < -0.39 is 23.7 Å². The minimum absolute atomic E-state index is 0.0930. The van der Waals surface area contributed by atoms with Crippen molar-refractivity contribution in [3.8, 4) is 33.5 Å². The number of ether oxygens (including phenoxy) is 1. The number of halogens is 3. The van der Waals surface area contributed by atoms with E-state index in [0.29, 0.717) is 46.8 Å². The average molecular weight is 1050 g/mol. The lowest BCUT2D eigenvalue weighted by atomic mass is 9.91. The Hall–Kier alpha value is -7.50. The van der Waals surface area contributed by atoms with E-state index in [4.69, 9.17) is 21.3 Å². The molecule has 1 aliphatic rings. The molecule has 1 aliphatic heterocycles. The maximum Gasteiger partial charge on any atom is 0.411 e. The first kappa shape index (κ1) is 53.3. The summed E-state index contributed by atoms with van der Waals surface area (Å²) in [7, 11) is 7.95. The number of unbranched alkanes of at least 4 members (excludes halogenated alkanes) is 5. The summed E-state index contributed by atoms with van der Waals surface area (Å²) >= 11 is 5.95. The lowest BCUT2D eigenvalue weighted by Gasteiger charge is -2.31. The van der Waals surface area contributed by atoms with Crippen molar-refractivity contribution in [1.29, 1.82) is 0 Å². The van der Waals surface area contributed by atoms with Gasteiger partial charge in [-0.05, 0) is 149 Å². The molecular formula is C58H64ClF2N11O4. The summed E-state index contributed by atoms with van der Waals surface area (Å²) in [5.74, 6) is -1.83. The number of hydrogen-bond donors (Lipinski definition) is 2. The number of amides is 1. The molecule has 76 heavy (non-hydrogen) atoms. The summed E-state index contributed by atoms with van der Waals surface area (Å²) in [5.41, 5.74) is 8.73. The Bertz CT molecular complexity index is 3270. The van der Waals surface area contributed by atoms with Crippen molar-refractivity contribution in [2.75, 3.05) is 69.5 Å². The number of aromatic nitrogens is 7. The molecule has 0 radical (unpaired) electrons. The fourth-order valence-corrected chi connectivity index (χ4v) is 10.1. The maximum atomic E-state index is 14.1. The lowest BCUT2D eigenvalue weighted by Crippen LogP contribution is -2.36. The Morgan fingerprint density at radius 3 is 2.04 bits per heavy atom. The van der Waals surface area contributed by atoms with E-state index in [1.54, 1.807) is 6.07 Å². The van der Waals surface area contributed by atoms with Crippen LogP contribution in [0.5, 0.6) is 0 Å². The van der Waals surface area contributed by atoms with Crippen LogP contribution in [0.2, 0.25) is 5.02 Å². The van der Waals surface area contributed by atoms with Gasteiger partial charge in [-0.1, -0.05) is 65.2 Å². The monoisotopic (exact) mass is 1050 g/mol. The van der Waals surface area contributed by atoms with Crippen LogP contribution >= 0.6 is 11.6 Å². The van der Waals surface area contributed by atoms with E-state index in [-0.39, 0.29) is 16.5 Å². The molecule has 0 atom stereocenters. The van der Waals surface area contributed by atoms with Gasteiger partial charge in [0.2, 0.25) is 0 Å². The van der Waals surface area contributed by atoms with Gasteiger partial charge >= 0.3 is 12.1 Å². The van der Waals surface area contributed by atoms with E-state index in [2.05, 4.69) is 37.0 Å². The number of carboxylic acids is 1. The highest BCUT2D eigenvalue weighted by molar-refractivity contribution is 6.31. The van der Waals surface area contributed by atoms with Crippen molar-refractivity contribution in [2.45, 2.75) is 77.3 Å². The summed E-state index contributed by atoms with van der Waals surface area (Å²) in [6, 6.07) is 25.8. The van der Waals surface area contributed by atoms with Crippen molar-refractivity contribution in [2.24, 2.45) is 5.92 Å². The van der Waals surface area contributed by atoms with Gasteiger partial charge in [0.05, 0.1) is 45.8 Å². The molecular weight excluding hydrogens is 988 g/mol. The third-order valence-corrected chi connectivity index (χ3v) is 14.5. The minimum Gasteiger partial charge on any atom is -0.478 e. The van der Waals surface area contributed by atoms with Crippen molar-refractivity contribution in [1.82, 2.24) is 39.9 Å². The van der Waals surface area contributed by atoms with Crippen LogP contribution < -0.4 is 15.1 Å². The number of nitrogens with zero attached hydrogens (tertiary/aromatic N) is 10. The minimum atomic E-state index is -1.02. The predicted octanol–water partition coefficient (Wildman–Crippen LogP) is 12.3. The second-order valence-corrected chi connectivity index (χ2v) is 20.5. The number of carboxylic acid groups (broad SMARTS) is 1. The molecule has 2 N–H and O–H groups in total. The van der Waals surface area contributed by atoms with Gasteiger partial charge in [-0.3, -0.25) is 14.7 Å². The number of rotatable bonds is 22. The van der Waals surface area contributed by atoms with E-state index in [1.807, 2.05) is 102 Å². The molecule has 15 nitrogen and oxygen atoms in total. The first-order valence-electron chi connectivity index (χ1n) is 26.1. The van der Waals surface area contributed by atoms with E-state index in [9.17, 15) is 23.5 Å². The highest BCUT2D eigenvalue weighted by atomic mass is 35.5. The number of benzene rings is 5. The number of carbonyl (C=O) groups is 2. The zero-order valence-corrected chi connectivity index (χ0v) is 44.2. The Morgan fingerprint density at radius 1 is 0.711 bits per heavy atom. The molecule has 1 amide bonds. The molecule has 4 heterocycles. The van der Waals surface area contributed by atoms with Crippen LogP contribution in [0.15, 0.2) is 103 Å². The van der Waals surface area contributed by atoms with Crippen molar-refractivity contribution in [3.63, 3.8) is 0 Å². The fraction of sp³-hybridized carbons (Fsp3) is 0.362. The third kappa shape index (κ3) is 13.1. The molecule has 0 aliphatic carbocycles. The molecule has 5 aromatic carbocycles. The number of pyridine rings is 1. The van der Waals surface area contributed by atoms with E-state index >= 15 is 0 Å². The average Bonchev–Trinajstić information content (AvgIpc) is 4.11. The van der Waals surface area contributed by atoms with Crippen molar-refractivity contribution in [3.05, 3.63) is 131 Å².